The largest absolute Gasteiger partial charge is 0.493 e. The third kappa shape index (κ3) is 9.24. The van der Waals surface area contributed by atoms with Crippen LogP contribution in [0.4, 0.5) is 21.0 Å². The average molecular weight is 877 g/mol. The van der Waals surface area contributed by atoms with Gasteiger partial charge < -0.3 is 49.6 Å². The molecule has 2 atom stereocenters. The number of hydrogen-bond donors (Lipinski definition) is 4. The predicted molar refractivity (Wildman–Crippen MR) is 248 cm³/mol. The molecule has 0 saturated carbocycles. The van der Waals surface area contributed by atoms with Gasteiger partial charge in [-0.2, -0.15) is 10.2 Å². The minimum absolute atomic E-state index is 0.146. The highest BCUT2D eigenvalue weighted by molar-refractivity contribution is 6.15. The minimum Gasteiger partial charge on any atom is -0.493 e. The van der Waals surface area contributed by atoms with Crippen molar-refractivity contribution in [1.82, 2.24) is 20.7 Å². The van der Waals surface area contributed by atoms with Crippen LogP contribution >= 0.6 is 0 Å². The van der Waals surface area contributed by atoms with Gasteiger partial charge in [0, 0.05) is 73.9 Å². The monoisotopic (exact) mass is 876 g/mol. The molecule has 4 heterocycles. The molecule has 4 aliphatic heterocycles. The number of nitrogens with zero attached hydrogens (tertiary/aromatic N) is 6. The number of carbonyl (C=O) groups is 2. The molecule has 4 aromatic rings. The van der Waals surface area contributed by atoms with Crippen LogP contribution in [-0.2, 0) is 12.8 Å². The van der Waals surface area contributed by atoms with Crippen LogP contribution in [0, 0.1) is 0 Å². The number of ether oxygens (including phenoxy) is 4. The van der Waals surface area contributed by atoms with Gasteiger partial charge in [0.1, 0.15) is 0 Å². The maximum Gasteiger partial charge on any atom is 0.337 e. The van der Waals surface area contributed by atoms with Crippen molar-refractivity contribution < 1.29 is 38.7 Å². The molecule has 2 saturated heterocycles. The first-order valence-corrected chi connectivity index (χ1v) is 21.4. The Hall–Kier alpha value is -6.52. The van der Waals surface area contributed by atoms with Crippen molar-refractivity contribution in [2.24, 2.45) is 10.2 Å². The van der Waals surface area contributed by atoms with Gasteiger partial charge in [-0.05, 0) is 100 Å². The van der Waals surface area contributed by atoms with Crippen molar-refractivity contribution in [3.63, 3.8) is 0 Å². The van der Waals surface area contributed by atoms with Crippen LogP contribution in [-0.4, -0.2) is 136 Å². The Balaban J connectivity index is 0.000000191. The summed E-state index contributed by atoms with van der Waals surface area (Å²) in [7, 11) is 9.64. The van der Waals surface area contributed by atoms with Crippen LogP contribution in [0.3, 0.4) is 0 Å². The van der Waals surface area contributed by atoms with E-state index in [2.05, 4.69) is 20.4 Å². The number of hydrogen-bond acceptors (Lipinski definition) is 12. The van der Waals surface area contributed by atoms with Crippen molar-refractivity contribution in [3.8, 4) is 23.0 Å². The van der Waals surface area contributed by atoms with E-state index in [1.807, 2.05) is 100 Å². The minimum atomic E-state index is -0.636. The summed E-state index contributed by atoms with van der Waals surface area (Å²) in [6, 6.07) is 23.0. The SMILES string of the molecule is CNC(=O)N1N=C(c2ccc(N3CC(C)(O)C3)cc2)c2cc(OC)c(OC)cc2CC1C.CNC(=O)N1N=C(c2ccc(N3CC(C)(O)C3)cc2)c2cc(OC)c(OC)cc2C[C@H]1C. The molecule has 0 aliphatic carbocycles. The summed E-state index contributed by atoms with van der Waals surface area (Å²) < 4.78 is 22.1. The van der Waals surface area contributed by atoms with Gasteiger partial charge in [0.2, 0.25) is 0 Å². The number of β-amino-alcohol motifs (C(OH)–C–C–N with tert-alkyl or cyclic N) is 2. The molecule has 0 aromatic heterocycles. The van der Waals surface area contributed by atoms with E-state index in [-0.39, 0.29) is 24.1 Å². The first-order chi connectivity index (χ1) is 30.5. The Kier molecular flexibility index (Phi) is 13.0. The molecule has 2 fully saturated rings. The Morgan fingerprint density at radius 3 is 1.17 bits per heavy atom. The lowest BCUT2D eigenvalue weighted by Gasteiger charge is -2.45. The standard InChI is InChI=1S/2C24H30N4O4/c2*1-15-10-17-11-20(31-4)21(32-5)12-19(17)22(26-28(15)23(29)25-3)16-6-8-18(9-7-16)27-13-24(2,30)14-27/h2*6-9,11-12,15,30H,10,13-14H2,1-5H3,(H,25,29)/t15-;/m1./s1. The van der Waals surface area contributed by atoms with Crippen LogP contribution in [0.2, 0.25) is 0 Å². The van der Waals surface area contributed by atoms with Gasteiger partial charge in [-0.1, -0.05) is 24.3 Å². The molecule has 1 unspecified atom stereocenters. The number of fused-ring (bicyclic) bond motifs is 2. The van der Waals surface area contributed by atoms with Crippen LogP contribution in [0.1, 0.15) is 61.1 Å². The van der Waals surface area contributed by atoms with Crippen molar-refractivity contribution in [2.75, 3.05) is 78.5 Å². The quantitative estimate of drug-likeness (QED) is 0.184. The second-order valence-electron chi connectivity index (χ2n) is 17.3. The third-order valence-electron chi connectivity index (χ3n) is 12.0. The maximum atomic E-state index is 12.6. The van der Waals surface area contributed by atoms with Crippen molar-refractivity contribution in [3.05, 3.63) is 106 Å². The average Bonchev–Trinajstić information content (AvgIpc) is 3.51. The Morgan fingerprint density at radius 1 is 0.578 bits per heavy atom. The maximum absolute atomic E-state index is 12.6. The van der Waals surface area contributed by atoms with Gasteiger partial charge in [-0.3, -0.25) is 0 Å². The van der Waals surface area contributed by atoms with Crippen molar-refractivity contribution in [1.29, 1.82) is 0 Å². The first kappa shape index (κ1) is 45.5. The number of benzene rings is 4. The first-order valence-electron chi connectivity index (χ1n) is 21.4. The van der Waals surface area contributed by atoms with Gasteiger partial charge in [0.05, 0.1) is 63.1 Å². The lowest BCUT2D eigenvalue weighted by Crippen LogP contribution is -2.60. The number of urea groups is 2. The van der Waals surface area contributed by atoms with Crippen molar-refractivity contribution >= 4 is 34.9 Å². The zero-order valence-corrected chi connectivity index (χ0v) is 38.4. The summed E-state index contributed by atoms with van der Waals surface area (Å²) in [6.07, 6.45) is 1.24. The summed E-state index contributed by atoms with van der Waals surface area (Å²) in [5.74, 6) is 2.51. The number of aliphatic hydroxyl groups is 2. The van der Waals surface area contributed by atoms with E-state index in [0.29, 0.717) is 73.4 Å². The van der Waals surface area contributed by atoms with Gasteiger partial charge in [-0.25, -0.2) is 19.6 Å². The van der Waals surface area contributed by atoms with Crippen molar-refractivity contribution in [2.45, 2.75) is 63.8 Å². The molecule has 16 nitrogen and oxygen atoms in total. The van der Waals surface area contributed by atoms with E-state index >= 15 is 0 Å². The second-order valence-corrected chi connectivity index (χ2v) is 17.3. The molecule has 64 heavy (non-hydrogen) atoms. The number of amides is 4. The number of carbonyl (C=O) groups excluding carboxylic acids is 2. The van der Waals surface area contributed by atoms with E-state index in [9.17, 15) is 19.8 Å². The molecular formula is C48H60N8O8. The lowest BCUT2D eigenvalue weighted by atomic mass is 9.93. The summed E-state index contributed by atoms with van der Waals surface area (Å²) in [6.45, 7) is 10.0. The third-order valence-corrected chi connectivity index (χ3v) is 12.0. The van der Waals surface area contributed by atoms with E-state index in [4.69, 9.17) is 29.2 Å². The molecule has 4 aliphatic rings. The second kappa shape index (κ2) is 18.3. The molecule has 0 radical (unpaired) electrons. The molecule has 4 N–H and O–H groups in total. The Labute approximate surface area is 375 Å². The number of hydrazone groups is 2. The molecule has 8 rings (SSSR count). The van der Waals surface area contributed by atoms with Crippen LogP contribution in [0.15, 0.2) is 83.0 Å². The molecule has 0 spiro atoms. The zero-order chi connectivity index (χ0) is 46.1. The number of anilines is 2. The highest BCUT2D eigenvalue weighted by Gasteiger charge is 2.38. The Morgan fingerprint density at radius 2 is 0.891 bits per heavy atom. The number of methoxy groups -OCH3 is 4. The summed E-state index contributed by atoms with van der Waals surface area (Å²) in [4.78, 5) is 29.4. The fourth-order valence-corrected chi connectivity index (χ4v) is 8.67. The highest BCUT2D eigenvalue weighted by atomic mass is 16.5. The predicted octanol–water partition coefficient (Wildman–Crippen LogP) is 5.23. The number of nitrogens with one attached hydrogen (secondary N) is 2. The van der Waals surface area contributed by atoms with Gasteiger partial charge in [0.25, 0.3) is 0 Å². The Bertz CT molecular complexity index is 2250. The van der Waals surface area contributed by atoms with Crippen LogP contribution in [0.5, 0.6) is 23.0 Å². The fourth-order valence-electron chi connectivity index (χ4n) is 8.67. The van der Waals surface area contributed by atoms with E-state index in [1.54, 1.807) is 42.5 Å². The molecule has 0 bridgehead atoms. The normalized spacial score (nSPS) is 19.3. The summed E-state index contributed by atoms with van der Waals surface area (Å²) in [5.41, 5.74) is 7.83. The van der Waals surface area contributed by atoms with Crippen LogP contribution < -0.4 is 39.4 Å². The topological polar surface area (TPSA) is 173 Å². The summed E-state index contributed by atoms with van der Waals surface area (Å²) in [5, 5.41) is 38.0. The fraction of sp³-hybridized carbons (Fsp3) is 0.417. The van der Waals surface area contributed by atoms with Gasteiger partial charge in [0.15, 0.2) is 23.0 Å². The zero-order valence-electron chi connectivity index (χ0n) is 38.4. The molecule has 16 heteroatoms. The molecule has 340 valence electrons. The highest BCUT2D eigenvalue weighted by Crippen LogP contribution is 2.37. The summed E-state index contributed by atoms with van der Waals surface area (Å²) >= 11 is 0. The van der Waals surface area contributed by atoms with E-state index < -0.39 is 11.2 Å². The van der Waals surface area contributed by atoms with Gasteiger partial charge >= 0.3 is 12.1 Å². The molecular weight excluding hydrogens is 817 g/mol. The number of rotatable bonds is 8. The van der Waals surface area contributed by atoms with Crippen LogP contribution in [0.25, 0.3) is 0 Å². The molecule has 4 amide bonds. The van der Waals surface area contributed by atoms with Gasteiger partial charge in [-0.15, -0.1) is 0 Å². The van der Waals surface area contributed by atoms with E-state index in [1.165, 1.54) is 10.0 Å². The van der Waals surface area contributed by atoms with E-state index in [0.717, 1.165) is 44.8 Å². The smallest absolute Gasteiger partial charge is 0.337 e. The lowest BCUT2D eigenvalue weighted by molar-refractivity contribution is 0.0305. The molecule has 4 aromatic carbocycles.